The minimum atomic E-state index is 0.343. The van der Waals surface area contributed by atoms with Crippen LogP contribution in [0.1, 0.15) is 62.4 Å². The van der Waals surface area contributed by atoms with Crippen molar-refractivity contribution >= 4 is 17.2 Å². The standard InChI is InChI=1S/C19H26N4OS/c24-18(10-15-4-1-2-5-15)22-8-3-6-16(11-22)19-20-7-9-23(19)12-17-13-25-14-21-17/h7,9,13-16H,1-6,8,10-12H2. The maximum absolute atomic E-state index is 12.7. The molecular weight excluding hydrogens is 332 g/mol. The Morgan fingerprint density at radius 1 is 1.20 bits per heavy atom. The summed E-state index contributed by atoms with van der Waals surface area (Å²) < 4.78 is 2.20. The molecule has 5 nitrogen and oxygen atoms in total. The van der Waals surface area contributed by atoms with Crippen molar-refractivity contribution in [1.29, 1.82) is 0 Å². The Morgan fingerprint density at radius 3 is 2.88 bits per heavy atom. The van der Waals surface area contributed by atoms with Crippen molar-refractivity contribution in [1.82, 2.24) is 19.4 Å². The predicted octanol–water partition coefficient (Wildman–Crippen LogP) is 3.67. The molecule has 0 radical (unpaired) electrons. The molecule has 0 aromatic carbocycles. The van der Waals surface area contributed by atoms with Crippen molar-refractivity contribution in [2.24, 2.45) is 5.92 Å². The van der Waals surface area contributed by atoms with Crippen LogP contribution in [-0.4, -0.2) is 38.4 Å². The fourth-order valence-electron chi connectivity index (χ4n) is 4.31. The molecule has 134 valence electrons. The monoisotopic (exact) mass is 358 g/mol. The van der Waals surface area contributed by atoms with Gasteiger partial charge in [0.25, 0.3) is 0 Å². The molecular formula is C19H26N4OS. The van der Waals surface area contributed by atoms with Crippen LogP contribution in [0, 0.1) is 5.92 Å². The maximum atomic E-state index is 12.7. The Balaban J connectivity index is 1.41. The molecule has 25 heavy (non-hydrogen) atoms. The van der Waals surface area contributed by atoms with E-state index < -0.39 is 0 Å². The van der Waals surface area contributed by atoms with Crippen LogP contribution in [0.4, 0.5) is 0 Å². The lowest BCUT2D eigenvalue weighted by Crippen LogP contribution is -2.40. The van der Waals surface area contributed by atoms with E-state index in [1.165, 1.54) is 25.7 Å². The highest BCUT2D eigenvalue weighted by Gasteiger charge is 2.29. The van der Waals surface area contributed by atoms with Gasteiger partial charge in [-0.2, -0.15) is 0 Å². The van der Waals surface area contributed by atoms with Crippen LogP contribution in [0.15, 0.2) is 23.3 Å². The van der Waals surface area contributed by atoms with Gasteiger partial charge in [0.2, 0.25) is 5.91 Å². The number of rotatable bonds is 5. The van der Waals surface area contributed by atoms with E-state index in [1.54, 1.807) is 11.3 Å². The Hall–Kier alpha value is -1.69. The van der Waals surface area contributed by atoms with E-state index in [9.17, 15) is 4.79 Å². The van der Waals surface area contributed by atoms with E-state index in [1.807, 2.05) is 17.9 Å². The zero-order valence-electron chi connectivity index (χ0n) is 14.6. The van der Waals surface area contributed by atoms with Crippen molar-refractivity contribution in [2.75, 3.05) is 13.1 Å². The molecule has 4 rings (SSSR count). The summed E-state index contributed by atoms with van der Waals surface area (Å²) >= 11 is 1.62. The van der Waals surface area contributed by atoms with Crippen molar-refractivity contribution in [2.45, 2.75) is 57.4 Å². The summed E-state index contributed by atoms with van der Waals surface area (Å²) in [6, 6.07) is 0. The minimum Gasteiger partial charge on any atom is -0.342 e. The summed E-state index contributed by atoms with van der Waals surface area (Å²) in [4.78, 5) is 23.8. The molecule has 1 atom stereocenters. The first-order valence-electron chi connectivity index (χ1n) is 9.45. The topological polar surface area (TPSA) is 51.0 Å². The van der Waals surface area contributed by atoms with Gasteiger partial charge in [-0.25, -0.2) is 9.97 Å². The van der Waals surface area contributed by atoms with Crippen LogP contribution in [0.5, 0.6) is 0 Å². The fourth-order valence-corrected chi connectivity index (χ4v) is 4.86. The van der Waals surface area contributed by atoms with Crippen molar-refractivity contribution in [3.63, 3.8) is 0 Å². The summed E-state index contributed by atoms with van der Waals surface area (Å²) in [5.41, 5.74) is 2.95. The Labute approximate surface area is 153 Å². The molecule has 2 aromatic heterocycles. The van der Waals surface area contributed by atoms with Crippen molar-refractivity contribution in [3.8, 4) is 0 Å². The normalized spacial score (nSPS) is 21.8. The number of imidazole rings is 1. The molecule has 0 N–H and O–H groups in total. The van der Waals surface area contributed by atoms with E-state index in [2.05, 4.69) is 24.8 Å². The number of hydrogen-bond donors (Lipinski definition) is 0. The van der Waals surface area contributed by atoms with Gasteiger partial charge in [-0.05, 0) is 31.6 Å². The number of nitrogens with zero attached hydrogens (tertiary/aromatic N) is 4. The summed E-state index contributed by atoms with van der Waals surface area (Å²) in [5, 5.41) is 2.09. The Bertz CT molecular complexity index is 690. The van der Waals surface area contributed by atoms with Gasteiger partial charge in [0.05, 0.1) is 17.7 Å². The number of likely N-dealkylation sites (tertiary alicyclic amines) is 1. The molecule has 6 heteroatoms. The van der Waals surface area contributed by atoms with E-state index in [-0.39, 0.29) is 0 Å². The second-order valence-electron chi connectivity index (χ2n) is 7.43. The van der Waals surface area contributed by atoms with Crippen LogP contribution in [0.2, 0.25) is 0 Å². The van der Waals surface area contributed by atoms with Crippen LogP contribution in [-0.2, 0) is 11.3 Å². The molecule has 1 saturated heterocycles. The van der Waals surface area contributed by atoms with Gasteiger partial charge in [0, 0.05) is 43.2 Å². The SMILES string of the molecule is O=C(CC1CCCC1)N1CCCC(c2nccn2Cc2cscn2)C1. The second kappa shape index (κ2) is 7.68. The van der Waals surface area contributed by atoms with Crippen LogP contribution >= 0.6 is 11.3 Å². The summed E-state index contributed by atoms with van der Waals surface area (Å²) in [5.74, 6) is 2.43. The highest BCUT2D eigenvalue weighted by molar-refractivity contribution is 7.07. The largest absolute Gasteiger partial charge is 0.342 e. The van der Waals surface area contributed by atoms with Crippen LogP contribution < -0.4 is 0 Å². The number of aromatic nitrogens is 3. The second-order valence-corrected chi connectivity index (χ2v) is 8.15. The summed E-state index contributed by atoms with van der Waals surface area (Å²) in [6.45, 7) is 2.50. The van der Waals surface area contributed by atoms with E-state index in [4.69, 9.17) is 0 Å². The number of piperidine rings is 1. The molecule has 2 fully saturated rings. The van der Waals surface area contributed by atoms with Gasteiger partial charge in [-0.15, -0.1) is 11.3 Å². The van der Waals surface area contributed by atoms with Gasteiger partial charge in [-0.3, -0.25) is 4.79 Å². The number of thiazole rings is 1. The smallest absolute Gasteiger partial charge is 0.222 e. The number of carbonyl (C=O) groups is 1. The third-order valence-electron chi connectivity index (χ3n) is 5.64. The zero-order valence-corrected chi connectivity index (χ0v) is 15.5. The third kappa shape index (κ3) is 3.94. The average Bonchev–Trinajstić information content (AvgIpc) is 3.38. The molecule has 0 spiro atoms. The fraction of sp³-hybridized carbons (Fsp3) is 0.632. The molecule has 1 unspecified atom stereocenters. The highest BCUT2D eigenvalue weighted by atomic mass is 32.1. The molecule has 2 aliphatic rings. The first kappa shape index (κ1) is 16.8. The number of amides is 1. The average molecular weight is 359 g/mol. The summed E-state index contributed by atoms with van der Waals surface area (Å²) in [7, 11) is 0. The molecule has 2 aromatic rings. The first-order valence-corrected chi connectivity index (χ1v) is 10.4. The van der Waals surface area contributed by atoms with Gasteiger partial charge < -0.3 is 9.47 Å². The van der Waals surface area contributed by atoms with Crippen molar-refractivity contribution in [3.05, 3.63) is 34.8 Å². The number of hydrogen-bond acceptors (Lipinski definition) is 4. The molecule has 1 aliphatic heterocycles. The summed E-state index contributed by atoms with van der Waals surface area (Å²) in [6.07, 6.45) is 11.9. The lowest BCUT2D eigenvalue weighted by molar-refractivity contribution is -0.133. The molecule has 1 aliphatic carbocycles. The molecule has 3 heterocycles. The van der Waals surface area contributed by atoms with Crippen LogP contribution in [0.25, 0.3) is 0 Å². The predicted molar refractivity (Wildman–Crippen MR) is 98.6 cm³/mol. The molecule has 1 amide bonds. The molecule has 0 bridgehead atoms. The molecule has 1 saturated carbocycles. The lowest BCUT2D eigenvalue weighted by Gasteiger charge is -2.33. The quantitative estimate of drug-likeness (QED) is 0.819. The van der Waals surface area contributed by atoms with Gasteiger partial charge in [0.1, 0.15) is 5.82 Å². The lowest BCUT2D eigenvalue weighted by atomic mass is 9.95. The third-order valence-corrected chi connectivity index (χ3v) is 6.28. The van der Waals surface area contributed by atoms with Crippen LogP contribution in [0.3, 0.4) is 0 Å². The van der Waals surface area contributed by atoms with Gasteiger partial charge in [0.15, 0.2) is 0 Å². The van der Waals surface area contributed by atoms with E-state index >= 15 is 0 Å². The Morgan fingerprint density at radius 2 is 2.08 bits per heavy atom. The van der Waals surface area contributed by atoms with Gasteiger partial charge >= 0.3 is 0 Å². The first-order chi connectivity index (χ1) is 12.3. The Kier molecular flexibility index (Phi) is 5.15. The number of carbonyl (C=O) groups excluding carboxylic acids is 1. The van der Waals surface area contributed by atoms with E-state index in [0.29, 0.717) is 17.7 Å². The maximum Gasteiger partial charge on any atom is 0.222 e. The van der Waals surface area contributed by atoms with E-state index in [0.717, 1.165) is 50.4 Å². The minimum absolute atomic E-state index is 0.343. The van der Waals surface area contributed by atoms with Crippen molar-refractivity contribution < 1.29 is 4.79 Å². The highest BCUT2D eigenvalue weighted by Crippen LogP contribution is 2.30. The zero-order chi connectivity index (χ0) is 17.1. The van der Waals surface area contributed by atoms with Gasteiger partial charge in [-0.1, -0.05) is 12.8 Å².